The van der Waals surface area contributed by atoms with E-state index in [0.29, 0.717) is 6.42 Å². The Morgan fingerprint density at radius 2 is 2.10 bits per heavy atom. The minimum Gasteiger partial charge on any atom is -0.326 e. The Hall–Kier alpha value is -2.17. The molecule has 1 fully saturated rings. The molecule has 21 heavy (non-hydrogen) atoms. The van der Waals surface area contributed by atoms with Crippen molar-refractivity contribution in [3.63, 3.8) is 0 Å². The summed E-state index contributed by atoms with van der Waals surface area (Å²) in [6.45, 7) is 0. The second-order valence-corrected chi connectivity index (χ2v) is 6.07. The number of hydrazone groups is 1. The van der Waals surface area contributed by atoms with Crippen LogP contribution in [0, 0.1) is 11.8 Å². The van der Waals surface area contributed by atoms with Crippen LogP contribution < -0.4 is 5.32 Å². The van der Waals surface area contributed by atoms with Crippen LogP contribution in [0.3, 0.4) is 0 Å². The van der Waals surface area contributed by atoms with Crippen molar-refractivity contribution in [3.05, 3.63) is 29.3 Å². The van der Waals surface area contributed by atoms with Gasteiger partial charge in [-0.05, 0) is 42.5 Å². The zero-order chi connectivity index (χ0) is 14.6. The Morgan fingerprint density at radius 1 is 1.24 bits per heavy atom. The predicted octanol–water partition coefficient (Wildman–Crippen LogP) is 1.77. The zero-order valence-corrected chi connectivity index (χ0v) is 11.9. The quantitative estimate of drug-likeness (QED) is 0.854. The molecule has 1 aromatic rings. The van der Waals surface area contributed by atoms with E-state index < -0.39 is 0 Å². The lowest BCUT2D eigenvalue weighted by molar-refractivity contribution is -0.131. The van der Waals surface area contributed by atoms with Gasteiger partial charge in [-0.3, -0.25) is 9.59 Å². The molecule has 2 amide bonds. The molecule has 0 spiro atoms. The van der Waals surface area contributed by atoms with Crippen LogP contribution in [0.15, 0.2) is 23.3 Å². The van der Waals surface area contributed by atoms with E-state index in [1.807, 2.05) is 12.1 Å². The number of carbonyl (C=O) groups is 2. The first-order valence-electron chi connectivity index (χ1n) is 7.42. The lowest BCUT2D eigenvalue weighted by atomic mass is 9.98. The fourth-order valence-electron chi connectivity index (χ4n) is 3.30. The maximum Gasteiger partial charge on any atom is 0.246 e. The Labute approximate surface area is 123 Å². The number of hydrogen-bond acceptors (Lipinski definition) is 3. The second-order valence-electron chi connectivity index (χ2n) is 6.07. The van der Waals surface area contributed by atoms with Gasteiger partial charge in [0.1, 0.15) is 0 Å². The maximum atomic E-state index is 11.8. The summed E-state index contributed by atoms with van der Waals surface area (Å²) in [6.07, 6.45) is 3.26. The Morgan fingerprint density at radius 3 is 2.95 bits per heavy atom. The molecule has 1 saturated carbocycles. The van der Waals surface area contributed by atoms with Gasteiger partial charge < -0.3 is 5.32 Å². The van der Waals surface area contributed by atoms with E-state index in [-0.39, 0.29) is 23.7 Å². The molecular weight excluding hydrogens is 266 g/mol. The Kier molecular flexibility index (Phi) is 2.64. The van der Waals surface area contributed by atoms with Crippen LogP contribution in [-0.4, -0.2) is 29.6 Å². The minimum absolute atomic E-state index is 0.0871. The van der Waals surface area contributed by atoms with Gasteiger partial charge >= 0.3 is 0 Å². The first-order valence-corrected chi connectivity index (χ1v) is 7.42. The molecule has 0 saturated heterocycles. The number of fused-ring (bicyclic) bond motifs is 2. The third-order valence-electron chi connectivity index (χ3n) is 4.56. The molecule has 0 bridgehead atoms. The number of anilines is 1. The van der Waals surface area contributed by atoms with Gasteiger partial charge in [-0.2, -0.15) is 5.10 Å². The molecule has 1 aromatic carbocycles. The topological polar surface area (TPSA) is 61.8 Å². The van der Waals surface area contributed by atoms with Crippen LogP contribution in [0.5, 0.6) is 0 Å². The third kappa shape index (κ3) is 2.04. The van der Waals surface area contributed by atoms with E-state index in [1.54, 1.807) is 7.05 Å². The van der Waals surface area contributed by atoms with Crippen LogP contribution in [0.2, 0.25) is 0 Å². The van der Waals surface area contributed by atoms with Crippen molar-refractivity contribution in [2.45, 2.75) is 25.7 Å². The first-order chi connectivity index (χ1) is 10.1. The Bertz CT molecular complexity index is 680. The lowest BCUT2D eigenvalue weighted by Crippen LogP contribution is -2.31. The fourth-order valence-corrected chi connectivity index (χ4v) is 3.30. The van der Waals surface area contributed by atoms with E-state index in [9.17, 15) is 9.59 Å². The molecule has 0 radical (unpaired) electrons. The first kappa shape index (κ1) is 12.6. The van der Waals surface area contributed by atoms with Crippen LogP contribution in [0.4, 0.5) is 5.69 Å². The number of nitrogens with one attached hydrogen (secondary N) is 1. The second kappa shape index (κ2) is 4.41. The molecule has 1 N–H and O–H groups in total. The maximum absolute atomic E-state index is 11.8. The van der Waals surface area contributed by atoms with Gasteiger partial charge in [0.25, 0.3) is 0 Å². The van der Waals surface area contributed by atoms with Gasteiger partial charge in [0.15, 0.2) is 0 Å². The molecule has 108 valence electrons. The number of amides is 2. The Balaban J connectivity index is 1.71. The lowest BCUT2D eigenvalue weighted by Gasteiger charge is -2.20. The highest BCUT2D eigenvalue weighted by atomic mass is 16.2. The molecule has 2 unspecified atom stereocenters. The van der Waals surface area contributed by atoms with Crippen molar-refractivity contribution in [1.82, 2.24) is 5.01 Å². The third-order valence-corrected chi connectivity index (χ3v) is 4.56. The van der Waals surface area contributed by atoms with Gasteiger partial charge in [0, 0.05) is 31.0 Å². The minimum atomic E-state index is 0.0871. The number of benzene rings is 1. The summed E-state index contributed by atoms with van der Waals surface area (Å²) in [6, 6.07) is 6.09. The van der Waals surface area contributed by atoms with Gasteiger partial charge in [-0.25, -0.2) is 5.01 Å². The molecule has 5 heteroatoms. The molecule has 2 aliphatic heterocycles. The van der Waals surface area contributed by atoms with Crippen molar-refractivity contribution in [2.24, 2.45) is 16.9 Å². The summed E-state index contributed by atoms with van der Waals surface area (Å²) in [5.41, 5.74) is 4.17. The van der Waals surface area contributed by atoms with Crippen molar-refractivity contribution in [2.75, 3.05) is 12.4 Å². The van der Waals surface area contributed by atoms with Gasteiger partial charge in [0.05, 0.1) is 5.71 Å². The van der Waals surface area contributed by atoms with Crippen molar-refractivity contribution >= 4 is 23.2 Å². The number of aryl methyl sites for hydroxylation is 1. The summed E-state index contributed by atoms with van der Waals surface area (Å²) >= 11 is 0. The molecule has 3 aliphatic rings. The number of carbonyl (C=O) groups excluding carboxylic acids is 2. The highest BCUT2D eigenvalue weighted by molar-refractivity contribution is 6.10. The number of hydrogen-bond donors (Lipinski definition) is 1. The molecule has 0 aromatic heterocycles. The van der Waals surface area contributed by atoms with Gasteiger partial charge in [-0.15, -0.1) is 0 Å². The molecule has 2 atom stereocenters. The van der Waals surface area contributed by atoms with Crippen LogP contribution in [0.25, 0.3) is 0 Å². The molecule has 2 heterocycles. The van der Waals surface area contributed by atoms with E-state index in [1.165, 1.54) is 5.01 Å². The molecule has 1 aliphatic carbocycles. The normalized spacial score (nSPS) is 27.3. The predicted molar refractivity (Wildman–Crippen MR) is 78.9 cm³/mol. The van der Waals surface area contributed by atoms with Crippen LogP contribution in [-0.2, 0) is 16.0 Å². The molecular formula is C16H17N3O2. The van der Waals surface area contributed by atoms with E-state index in [4.69, 9.17) is 0 Å². The average molecular weight is 283 g/mol. The highest BCUT2D eigenvalue weighted by Gasteiger charge is 2.51. The molecule has 5 nitrogen and oxygen atoms in total. The monoisotopic (exact) mass is 283 g/mol. The van der Waals surface area contributed by atoms with Crippen molar-refractivity contribution in [3.8, 4) is 0 Å². The smallest absolute Gasteiger partial charge is 0.246 e. The SMILES string of the molecule is CN1N=C(c2ccc3c(c2)CCCC(=O)N3)C2CC2C1=O. The summed E-state index contributed by atoms with van der Waals surface area (Å²) in [7, 11) is 1.72. The zero-order valence-electron chi connectivity index (χ0n) is 11.9. The van der Waals surface area contributed by atoms with E-state index in [0.717, 1.165) is 41.8 Å². The average Bonchev–Trinajstić information content (AvgIpc) is 3.26. The van der Waals surface area contributed by atoms with E-state index in [2.05, 4.69) is 16.5 Å². The summed E-state index contributed by atoms with van der Waals surface area (Å²) in [5, 5.41) is 8.87. The van der Waals surface area contributed by atoms with Crippen molar-refractivity contribution in [1.29, 1.82) is 0 Å². The van der Waals surface area contributed by atoms with Gasteiger partial charge in [-0.1, -0.05) is 6.07 Å². The summed E-state index contributed by atoms with van der Waals surface area (Å²) < 4.78 is 0. The number of nitrogens with zero attached hydrogens (tertiary/aromatic N) is 2. The largest absolute Gasteiger partial charge is 0.326 e. The van der Waals surface area contributed by atoms with Gasteiger partial charge in [0.2, 0.25) is 11.8 Å². The van der Waals surface area contributed by atoms with Crippen LogP contribution in [0.1, 0.15) is 30.4 Å². The number of rotatable bonds is 1. The fraction of sp³-hybridized carbons (Fsp3) is 0.438. The van der Waals surface area contributed by atoms with E-state index >= 15 is 0 Å². The molecule has 4 rings (SSSR count). The summed E-state index contributed by atoms with van der Waals surface area (Å²) in [5.74, 6) is 0.628. The standard InChI is InChI=1S/C16H17N3O2/c1-19-16(21)12-8-11(12)15(18-19)10-5-6-13-9(7-10)3-2-4-14(20)17-13/h5-7,11-12H,2-4,8H2,1H3,(H,17,20). The summed E-state index contributed by atoms with van der Waals surface area (Å²) in [4.78, 5) is 23.4. The van der Waals surface area contributed by atoms with Crippen molar-refractivity contribution < 1.29 is 9.59 Å². The van der Waals surface area contributed by atoms with Crippen LogP contribution >= 0.6 is 0 Å². The highest BCUT2D eigenvalue weighted by Crippen LogP contribution is 2.45.